The molecule has 0 radical (unpaired) electrons. The van der Waals surface area contributed by atoms with E-state index in [4.69, 9.17) is 0 Å². The maximum Gasteiger partial charge on any atom is 0.216 e. The van der Waals surface area contributed by atoms with E-state index >= 15 is 0 Å². The van der Waals surface area contributed by atoms with Crippen LogP contribution >= 0.6 is 0 Å². The molecule has 3 rings (SSSR count). The highest BCUT2D eigenvalue weighted by atomic mass is 16.1. The molecule has 0 spiro atoms. The molecule has 2 aliphatic rings. The summed E-state index contributed by atoms with van der Waals surface area (Å²) in [4.78, 5) is 11.5. The van der Waals surface area contributed by atoms with Crippen LogP contribution in [0.15, 0.2) is 18.2 Å². The highest BCUT2D eigenvalue weighted by Crippen LogP contribution is 2.57. The zero-order valence-electron chi connectivity index (χ0n) is 16.0. The molecule has 1 N–H and O–H groups in total. The molecule has 1 aromatic carbocycles. The van der Waals surface area contributed by atoms with Crippen LogP contribution in [0.3, 0.4) is 0 Å². The van der Waals surface area contributed by atoms with E-state index in [1.807, 2.05) is 0 Å². The normalized spacial score (nSPS) is 32.2. The van der Waals surface area contributed by atoms with Gasteiger partial charge in [0.15, 0.2) is 0 Å². The molecule has 2 heteroatoms. The standard InChI is InChI=1S/C22H33NO/c1-15(2)17-7-9-19-18(13-17)8-10-20-21(4,14-23-16(3)24)11-6-12-22(19,20)5/h7,9,13,15,20H,6,8,10-12,14H2,1-5H3,(H,23,24)/t20-,21+,22+/m1/s1. The Morgan fingerprint density at radius 1 is 1.29 bits per heavy atom. The Bertz CT molecular complexity index is 635. The van der Waals surface area contributed by atoms with E-state index in [1.165, 1.54) is 37.7 Å². The van der Waals surface area contributed by atoms with Gasteiger partial charge >= 0.3 is 0 Å². The van der Waals surface area contributed by atoms with Gasteiger partial charge in [-0.05, 0) is 65.0 Å². The lowest BCUT2D eigenvalue weighted by Crippen LogP contribution is -2.53. The summed E-state index contributed by atoms with van der Waals surface area (Å²) in [6.45, 7) is 11.9. The number of fused-ring (bicyclic) bond motifs is 3. The fourth-order valence-corrected chi connectivity index (χ4v) is 5.54. The first-order chi connectivity index (χ1) is 11.3. The number of rotatable bonds is 3. The monoisotopic (exact) mass is 327 g/mol. The average molecular weight is 328 g/mol. The smallest absolute Gasteiger partial charge is 0.216 e. The third-order valence-electron chi connectivity index (χ3n) is 6.91. The van der Waals surface area contributed by atoms with Crippen LogP contribution in [0.25, 0.3) is 0 Å². The lowest BCUT2D eigenvalue weighted by Gasteiger charge is -2.55. The molecular formula is C22H33NO. The van der Waals surface area contributed by atoms with Crippen molar-refractivity contribution in [2.45, 2.75) is 78.1 Å². The molecular weight excluding hydrogens is 294 g/mol. The largest absolute Gasteiger partial charge is 0.356 e. The fraction of sp³-hybridized carbons (Fsp3) is 0.682. The first-order valence-corrected chi connectivity index (χ1v) is 9.64. The maximum absolute atomic E-state index is 11.5. The van der Waals surface area contributed by atoms with Gasteiger partial charge in [0.2, 0.25) is 5.91 Å². The molecule has 0 bridgehead atoms. The molecule has 132 valence electrons. The zero-order chi connectivity index (χ0) is 17.5. The molecule has 1 saturated carbocycles. The molecule has 0 saturated heterocycles. The van der Waals surface area contributed by atoms with Gasteiger partial charge in [-0.3, -0.25) is 4.79 Å². The molecule has 1 fully saturated rings. The van der Waals surface area contributed by atoms with Crippen molar-refractivity contribution in [3.05, 3.63) is 34.9 Å². The Labute approximate surface area is 147 Å². The quantitative estimate of drug-likeness (QED) is 0.835. The molecule has 1 aromatic rings. The second-order valence-electron chi connectivity index (χ2n) is 9.00. The van der Waals surface area contributed by atoms with Crippen molar-refractivity contribution in [2.75, 3.05) is 6.54 Å². The summed E-state index contributed by atoms with van der Waals surface area (Å²) in [5.74, 6) is 1.35. The highest BCUT2D eigenvalue weighted by Gasteiger charge is 2.51. The summed E-state index contributed by atoms with van der Waals surface area (Å²) in [5.41, 5.74) is 5.09. The van der Waals surface area contributed by atoms with Crippen molar-refractivity contribution in [1.82, 2.24) is 5.32 Å². The minimum Gasteiger partial charge on any atom is -0.356 e. The first-order valence-electron chi connectivity index (χ1n) is 9.64. The number of carbonyl (C=O) groups is 1. The molecule has 1 amide bonds. The number of aryl methyl sites for hydroxylation is 1. The second-order valence-corrected chi connectivity index (χ2v) is 9.00. The third kappa shape index (κ3) is 2.89. The van der Waals surface area contributed by atoms with E-state index in [-0.39, 0.29) is 16.7 Å². The van der Waals surface area contributed by atoms with Crippen molar-refractivity contribution in [3.8, 4) is 0 Å². The number of amides is 1. The summed E-state index contributed by atoms with van der Waals surface area (Å²) in [6.07, 6.45) is 6.20. The van der Waals surface area contributed by atoms with E-state index < -0.39 is 0 Å². The number of nitrogens with one attached hydrogen (secondary N) is 1. The van der Waals surface area contributed by atoms with Crippen molar-refractivity contribution in [2.24, 2.45) is 11.3 Å². The van der Waals surface area contributed by atoms with E-state index in [1.54, 1.807) is 18.1 Å². The van der Waals surface area contributed by atoms with Gasteiger partial charge in [-0.1, -0.05) is 52.3 Å². The molecule has 0 unspecified atom stereocenters. The van der Waals surface area contributed by atoms with Gasteiger partial charge in [0, 0.05) is 13.5 Å². The molecule has 3 atom stereocenters. The van der Waals surface area contributed by atoms with Crippen LogP contribution in [-0.2, 0) is 16.6 Å². The Kier molecular flexibility index (Phi) is 4.53. The Morgan fingerprint density at radius 3 is 2.71 bits per heavy atom. The van der Waals surface area contributed by atoms with E-state index in [0.717, 1.165) is 6.54 Å². The molecule has 0 heterocycles. The van der Waals surface area contributed by atoms with Gasteiger partial charge in [0.25, 0.3) is 0 Å². The number of hydrogen-bond donors (Lipinski definition) is 1. The molecule has 24 heavy (non-hydrogen) atoms. The van der Waals surface area contributed by atoms with E-state index in [9.17, 15) is 4.79 Å². The van der Waals surface area contributed by atoms with Gasteiger partial charge in [0.1, 0.15) is 0 Å². The number of carbonyl (C=O) groups excluding carboxylic acids is 1. The van der Waals surface area contributed by atoms with E-state index in [0.29, 0.717) is 11.8 Å². The topological polar surface area (TPSA) is 29.1 Å². The van der Waals surface area contributed by atoms with Crippen LogP contribution in [0.1, 0.15) is 82.9 Å². The van der Waals surface area contributed by atoms with Gasteiger partial charge in [-0.25, -0.2) is 0 Å². The summed E-state index contributed by atoms with van der Waals surface area (Å²) < 4.78 is 0. The van der Waals surface area contributed by atoms with Crippen molar-refractivity contribution in [3.63, 3.8) is 0 Å². The van der Waals surface area contributed by atoms with Gasteiger partial charge < -0.3 is 5.32 Å². The van der Waals surface area contributed by atoms with Crippen LogP contribution < -0.4 is 5.32 Å². The van der Waals surface area contributed by atoms with Crippen LogP contribution in [-0.4, -0.2) is 12.5 Å². The first kappa shape index (κ1) is 17.5. The lowest BCUT2D eigenvalue weighted by atomic mass is 9.49. The second kappa shape index (κ2) is 6.20. The van der Waals surface area contributed by atoms with Gasteiger partial charge in [-0.2, -0.15) is 0 Å². The minimum absolute atomic E-state index is 0.0984. The molecule has 2 aliphatic carbocycles. The third-order valence-corrected chi connectivity index (χ3v) is 6.91. The van der Waals surface area contributed by atoms with Crippen molar-refractivity contribution < 1.29 is 4.79 Å². The predicted molar refractivity (Wildman–Crippen MR) is 100 cm³/mol. The van der Waals surface area contributed by atoms with Crippen LogP contribution in [0.2, 0.25) is 0 Å². The SMILES string of the molecule is CC(=O)NC[C@]1(C)CCC[C@@]2(C)c3ccc(C(C)C)cc3CC[C@H]12. The summed E-state index contributed by atoms with van der Waals surface area (Å²) >= 11 is 0. The van der Waals surface area contributed by atoms with Crippen molar-refractivity contribution in [1.29, 1.82) is 0 Å². The minimum atomic E-state index is 0.0984. The fourth-order valence-electron chi connectivity index (χ4n) is 5.54. The highest BCUT2D eigenvalue weighted by molar-refractivity contribution is 5.72. The summed E-state index contributed by atoms with van der Waals surface area (Å²) in [5, 5.41) is 3.12. The lowest BCUT2D eigenvalue weighted by molar-refractivity contribution is -0.120. The summed E-state index contributed by atoms with van der Waals surface area (Å²) in [6, 6.07) is 7.22. The van der Waals surface area contributed by atoms with Crippen LogP contribution in [0.5, 0.6) is 0 Å². The summed E-state index contributed by atoms with van der Waals surface area (Å²) in [7, 11) is 0. The predicted octanol–water partition coefficient (Wildman–Crippen LogP) is 4.96. The molecule has 0 aromatic heterocycles. The zero-order valence-corrected chi connectivity index (χ0v) is 16.0. The maximum atomic E-state index is 11.5. The van der Waals surface area contributed by atoms with Crippen LogP contribution in [0.4, 0.5) is 0 Å². The van der Waals surface area contributed by atoms with Crippen molar-refractivity contribution >= 4 is 5.91 Å². The average Bonchev–Trinajstić information content (AvgIpc) is 2.52. The number of benzene rings is 1. The molecule has 0 aliphatic heterocycles. The molecule has 2 nitrogen and oxygen atoms in total. The van der Waals surface area contributed by atoms with Crippen LogP contribution in [0, 0.1) is 11.3 Å². The number of hydrogen-bond acceptors (Lipinski definition) is 1. The Balaban J connectivity index is 1.95. The van der Waals surface area contributed by atoms with Gasteiger partial charge in [-0.15, -0.1) is 0 Å². The van der Waals surface area contributed by atoms with Gasteiger partial charge in [0.05, 0.1) is 0 Å². The Hall–Kier alpha value is -1.31. The Morgan fingerprint density at radius 2 is 2.04 bits per heavy atom. The van der Waals surface area contributed by atoms with E-state index in [2.05, 4.69) is 51.2 Å².